The maximum absolute atomic E-state index is 12.0. The van der Waals surface area contributed by atoms with Gasteiger partial charge in [0.1, 0.15) is 5.75 Å². The third-order valence-electron chi connectivity index (χ3n) is 2.97. The predicted molar refractivity (Wildman–Crippen MR) is 84.2 cm³/mol. The van der Waals surface area contributed by atoms with Crippen LogP contribution in [0.5, 0.6) is 5.75 Å². The van der Waals surface area contributed by atoms with Gasteiger partial charge in [0.05, 0.1) is 13.5 Å². The highest BCUT2D eigenvalue weighted by atomic mass is 79.9. The first kappa shape index (κ1) is 14.6. The molecule has 0 fully saturated rings. The number of rotatable bonds is 4. The summed E-state index contributed by atoms with van der Waals surface area (Å²) in [5.74, 6) is 0.759. The zero-order valence-corrected chi connectivity index (χ0v) is 13.0. The van der Waals surface area contributed by atoms with E-state index in [1.54, 1.807) is 7.11 Å². The van der Waals surface area contributed by atoms with Crippen LogP contribution in [-0.4, -0.2) is 13.0 Å². The van der Waals surface area contributed by atoms with Gasteiger partial charge in [-0.1, -0.05) is 28.1 Å². The maximum Gasteiger partial charge on any atom is 0.228 e. The molecular formula is C16H16BrNO2. The molecule has 0 aliphatic carbocycles. The van der Waals surface area contributed by atoms with Crippen LogP contribution in [0.3, 0.4) is 0 Å². The number of halogens is 1. The second-order valence-corrected chi connectivity index (χ2v) is 5.39. The molecule has 0 radical (unpaired) electrons. The standard InChI is InChI=1S/C16H16BrNO2/c1-11-9-13(5-8-15(11)17)18-16(19)10-12-3-6-14(20-2)7-4-12/h3-9H,10H2,1-2H3,(H,18,19). The molecule has 0 aliphatic heterocycles. The molecule has 20 heavy (non-hydrogen) atoms. The van der Waals surface area contributed by atoms with Crippen molar-refractivity contribution in [2.24, 2.45) is 0 Å². The smallest absolute Gasteiger partial charge is 0.228 e. The summed E-state index contributed by atoms with van der Waals surface area (Å²) >= 11 is 3.44. The fraction of sp³-hybridized carbons (Fsp3) is 0.188. The molecule has 0 unspecified atom stereocenters. The highest BCUT2D eigenvalue weighted by molar-refractivity contribution is 9.10. The number of anilines is 1. The van der Waals surface area contributed by atoms with Crippen molar-refractivity contribution >= 4 is 27.5 Å². The lowest BCUT2D eigenvalue weighted by Gasteiger charge is -2.07. The van der Waals surface area contributed by atoms with Crippen molar-refractivity contribution in [1.29, 1.82) is 0 Å². The summed E-state index contributed by atoms with van der Waals surface area (Å²) in [6.07, 6.45) is 0.346. The molecule has 1 amide bonds. The second-order valence-electron chi connectivity index (χ2n) is 4.54. The highest BCUT2D eigenvalue weighted by Gasteiger charge is 2.05. The number of methoxy groups -OCH3 is 1. The van der Waals surface area contributed by atoms with Crippen LogP contribution in [0.4, 0.5) is 5.69 Å². The van der Waals surface area contributed by atoms with Gasteiger partial charge in [-0.05, 0) is 48.4 Å². The molecule has 104 valence electrons. The average molecular weight is 334 g/mol. The Bertz CT molecular complexity index is 608. The largest absolute Gasteiger partial charge is 0.497 e. The Morgan fingerprint density at radius 2 is 1.90 bits per heavy atom. The Kier molecular flexibility index (Phi) is 4.79. The van der Waals surface area contributed by atoms with Crippen LogP contribution in [0, 0.1) is 6.92 Å². The predicted octanol–water partition coefficient (Wildman–Crippen LogP) is 3.95. The van der Waals surface area contributed by atoms with Gasteiger partial charge >= 0.3 is 0 Å². The number of benzene rings is 2. The van der Waals surface area contributed by atoms with E-state index in [1.165, 1.54) is 0 Å². The summed E-state index contributed by atoms with van der Waals surface area (Å²) in [6.45, 7) is 1.99. The minimum atomic E-state index is -0.0307. The van der Waals surface area contributed by atoms with Crippen LogP contribution < -0.4 is 10.1 Å². The van der Waals surface area contributed by atoms with Crippen molar-refractivity contribution in [2.75, 3.05) is 12.4 Å². The molecule has 0 aliphatic rings. The number of hydrogen-bond donors (Lipinski definition) is 1. The van der Waals surface area contributed by atoms with Gasteiger partial charge in [-0.25, -0.2) is 0 Å². The van der Waals surface area contributed by atoms with Crippen LogP contribution in [0.15, 0.2) is 46.9 Å². The lowest BCUT2D eigenvalue weighted by molar-refractivity contribution is -0.115. The van der Waals surface area contributed by atoms with E-state index in [0.717, 1.165) is 27.0 Å². The van der Waals surface area contributed by atoms with Gasteiger partial charge in [0.25, 0.3) is 0 Å². The van der Waals surface area contributed by atoms with Crippen molar-refractivity contribution < 1.29 is 9.53 Å². The SMILES string of the molecule is COc1ccc(CC(=O)Nc2ccc(Br)c(C)c2)cc1. The van der Waals surface area contributed by atoms with Crippen LogP contribution >= 0.6 is 15.9 Å². The Labute approximate surface area is 127 Å². The number of nitrogens with one attached hydrogen (secondary N) is 1. The second kappa shape index (κ2) is 6.57. The van der Waals surface area contributed by atoms with Crippen LogP contribution in [0.2, 0.25) is 0 Å². The quantitative estimate of drug-likeness (QED) is 0.919. The molecule has 0 saturated heterocycles. The van der Waals surface area contributed by atoms with Gasteiger partial charge in [-0.3, -0.25) is 4.79 Å². The summed E-state index contributed by atoms with van der Waals surface area (Å²) in [6, 6.07) is 13.2. The molecule has 0 saturated carbocycles. The molecule has 4 heteroatoms. The molecule has 0 aromatic heterocycles. The van der Waals surface area contributed by atoms with E-state index in [1.807, 2.05) is 49.4 Å². The van der Waals surface area contributed by atoms with Gasteiger partial charge < -0.3 is 10.1 Å². The van der Waals surface area contributed by atoms with Gasteiger partial charge in [-0.15, -0.1) is 0 Å². The Morgan fingerprint density at radius 3 is 2.50 bits per heavy atom. The molecule has 2 rings (SSSR count). The molecule has 0 bridgehead atoms. The van der Waals surface area contributed by atoms with E-state index in [9.17, 15) is 4.79 Å². The molecule has 3 nitrogen and oxygen atoms in total. The van der Waals surface area contributed by atoms with Crippen LogP contribution in [0.1, 0.15) is 11.1 Å². The van der Waals surface area contributed by atoms with Gasteiger partial charge in [0, 0.05) is 10.2 Å². The fourth-order valence-corrected chi connectivity index (χ4v) is 2.10. The maximum atomic E-state index is 12.0. The first-order valence-corrected chi connectivity index (χ1v) is 7.06. The minimum absolute atomic E-state index is 0.0307. The number of hydrogen-bond acceptors (Lipinski definition) is 2. The number of ether oxygens (including phenoxy) is 1. The van der Waals surface area contributed by atoms with Crippen molar-refractivity contribution in [3.8, 4) is 5.75 Å². The number of amides is 1. The lowest BCUT2D eigenvalue weighted by Crippen LogP contribution is -2.14. The molecular weight excluding hydrogens is 318 g/mol. The summed E-state index contributed by atoms with van der Waals surface area (Å²) < 4.78 is 6.12. The van der Waals surface area contributed by atoms with Crippen LogP contribution in [0.25, 0.3) is 0 Å². The molecule has 0 spiro atoms. The first-order valence-electron chi connectivity index (χ1n) is 6.27. The number of carbonyl (C=O) groups is 1. The van der Waals surface area contributed by atoms with E-state index in [2.05, 4.69) is 21.2 Å². The Morgan fingerprint density at radius 1 is 1.20 bits per heavy atom. The van der Waals surface area contributed by atoms with E-state index >= 15 is 0 Å². The summed E-state index contributed by atoms with van der Waals surface area (Å²) in [5, 5.41) is 2.90. The van der Waals surface area contributed by atoms with E-state index in [4.69, 9.17) is 4.74 Å². The first-order chi connectivity index (χ1) is 9.58. The molecule has 2 aromatic carbocycles. The van der Waals surface area contributed by atoms with Crippen molar-refractivity contribution in [3.63, 3.8) is 0 Å². The summed E-state index contributed by atoms with van der Waals surface area (Å²) in [4.78, 5) is 12.0. The average Bonchev–Trinajstić information content (AvgIpc) is 2.44. The van der Waals surface area contributed by atoms with E-state index < -0.39 is 0 Å². The molecule has 0 atom stereocenters. The third kappa shape index (κ3) is 3.84. The Hall–Kier alpha value is -1.81. The molecule has 0 heterocycles. The van der Waals surface area contributed by atoms with Crippen LogP contribution in [-0.2, 0) is 11.2 Å². The molecule has 1 N–H and O–H groups in total. The van der Waals surface area contributed by atoms with Gasteiger partial charge in [0.15, 0.2) is 0 Å². The van der Waals surface area contributed by atoms with E-state index in [-0.39, 0.29) is 5.91 Å². The topological polar surface area (TPSA) is 38.3 Å². The zero-order valence-electron chi connectivity index (χ0n) is 11.4. The van der Waals surface area contributed by atoms with Crippen molar-refractivity contribution in [2.45, 2.75) is 13.3 Å². The minimum Gasteiger partial charge on any atom is -0.497 e. The highest BCUT2D eigenvalue weighted by Crippen LogP contribution is 2.20. The van der Waals surface area contributed by atoms with Gasteiger partial charge in [-0.2, -0.15) is 0 Å². The normalized spacial score (nSPS) is 10.2. The third-order valence-corrected chi connectivity index (χ3v) is 3.86. The van der Waals surface area contributed by atoms with Crippen molar-refractivity contribution in [3.05, 3.63) is 58.1 Å². The fourth-order valence-electron chi connectivity index (χ4n) is 1.86. The molecule has 2 aromatic rings. The monoisotopic (exact) mass is 333 g/mol. The number of carbonyl (C=O) groups excluding carboxylic acids is 1. The zero-order chi connectivity index (χ0) is 14.5. The Balaban J connectivity index is 1.99. The number of aryl methyl sites for hydroxylation is 1. The van der Waals surface area contributed by atoms with Crippen molar-refractivity contribution in [1.82, 2.24) is 0 Å². The van der Waals surface area contributed by atoms with E-state index in [0.29, 0.717) is 6.42 Å². The summed E-state index contributed by atoms with van der Waals surface area (Å²) in [5.41, 5.74) is 2.86. The summed E-state index contributed by atoms with van der Waals surface area (Å²) in [7, 11) is 1.62. The lowest BCUT2D eigenvalue weighted by atomic mass is 10.1. The van der Waals surface area contributed by atoms with Gasteiger partial charge in [0.2, 0.25) is 5.91 Å².